The van der Waals surface area contributed by atoms with Crippen LogP contribution in [0.1, 0.15) is 47.1 Å². The van der Waals surface area contributed by atoms with Crippen LogP contribution in [0.5, 0.6) is 11.6 Å². The summed E-state index contributed by atoms with van der Waals surface area (Å²) in [7, 11) is -3.16. The lowest BCUT2D eigenvalue weighted by Crippen LogP contribution is -2.38. The minimum atomic E-state index is -3.16. The monoisotopic (exact) mass is 599 g/mol. The molecule has 2 aromatic carbocycles. The van der Waals surface area contributed by atoms with Crippen LogP contribution in [-0.2, 0) is 14.8 Å². The van der Waals surface area contributed by atoms with E-state index in [1.165, 1.54) is 16.6 Å². The predicted octanol–water partition coefficient (Wildman–Crippen LogP) is 4.56. The Labute approximate surface area is 251 Å². The maximum Gasteiger partial charge on any atom is 0.244 e. The number of nitriles is 2. The van der Waals surface area contributed by atoms with E-state index in [0.29, 0.717) is 53.7 Å². The van der Waals surface area contributed by atoms with E-state index in [1.807, 2.05) is 13.8 Å². The van der Waals surface area contributed by atoms with Crippen molar-refractivity contribution in [1.29, 1.82) is 10.5 Å². The minimum Gasteiger partial charge on any atom is -0.438 e. The number of carbonyl (C=O) groups excluding carboxylic acids is 1. The SMILES string of the molecule is Cc1cc(C#N)cc(C)c1Oc1nc(Nc2ccc(C#N)cc2)ncc1/C=C/C(=O)NCCC1CCN(S(C)(=O)=O)CC1. The highest BCUT2D eigenvalue weighted by atomic mass is 32.2. The van der Waals surface area contributed by atoms with Gasteiger partial charge < -0.3 is 15.4 Å². The molecule has 1 fully saturated rings. The summed E-state index contributed by atoms with van der Waals surface area (Å²) >= 11 is 0. The van der Waals surface area contributed by atoms with E-state index >= 15 is 0 Å². The van der Waals surface area contributed by atoms with Crippen LogP contribution in [0.3, 0.4) is 0 Å². The average molecular weight is 600 g/mol. The van der Waals surface area contributed by atoms with E-state index in [1.54, 1.807) is 48.7 Å². The van der Waals surface area contributed by atoms with Gasteiger partial charge in [-0.15, -0.1) is 0 Å². The molecule has 1 aromatic heterocycles. The van der Waals surface area contributed by atoms with Gasteiger partial charge in [-0.2, -0.15) is 15.5 Å². The second kappa shape index (κ2) is 13.9. The predicted molar refractivity (Wildman–Crippen MR) is 163 cm³/mol. The number of aryl methyl sites for hydroxylation is 2. The third-order valence-electron chi connectivity index (χ3n) is 7.15. The van der Waals surface area contributed by atoms with Crippen molar-refractivity contribution in [2.75, 3.05) is 31.2 Å². The molecule has 1 aliphatic rings. The average Bonchev–Trinajstić information content (AvgIpc) is 2.98. The van der Waals surface area contributed by atoms with Gasteiger partial charge in [0.15, 0.2) is 0 Å². The Hall–Kier alpha value is -4.78. The van der Waals surface area contributed by atoms with Crippen molar-refractivity contribution in [2.45, 2.75) is 33.1 Å². The van der Waals surface area contributed by atoms with E-state index in [2.05, 4.69) is 32.7 Å². The topological polar surface area (TPSA) is 161 Å². The first-order valence-electron chi connectivity index (χ1n) is 13.8. The maximum absolute atomic E-state index is 12.6. The maximum atomic E-state index is 12.6. The zero-order valence-electron chi connectivity index (χ0n) is 24.3. The van der Waals surface area contributed by atoms with Crippen molar-refractivity contribution in [1.82, 2.24) is 19.6 Å². The van der Waals surface area contributed by atoms with Gasteiger partial charge in [0.1, 0.15) is 5.75 Å². The highest BCUT2D eigenvalue weighted by Crippen LogP contribution is 2.32. The molecule has 12 heteroatoms. The van der Waals surface area contributed by atoms with Crippen LogP contribution < -0.4 is 15.4 Å². The number of aromatic nitrogens is 2. The number of amides is 1. The molecule has 1 amide bonds. The molecule has 43 heavy (non-hydrogen) atoms. The summed E-state index contributed by atoms with van der Waals surface area (Å²) in [5, 5.41) is 24.3. The van der Waals surface area contributed by atoms with Gasteiger partial charge in [0.25, 0.3) is 0 Å². The van der Waals surface area contributed by atoms with Crippen molar-refractivity contribution >= 4 is 33.6 Å². The van der Waals surface area contributed by atoms with E-state index in [4.69, 9.17) is 10.00 Å². The van der Waals surface area contributed by atoms with Gasteiger partial charge >= 0.3 is 0 Å². The molecule has 4 rings (SSSR count). The molecule has 1 aliphatic heterocycles. The number of hydrogen-bond donors (Lipinski definition) is 2. The van der Waals surface area contributed by atoms with Gasteiger partial charge in [0.05, 0.1) is 35.1 Å². The van der Waals surface area contributed by atoms with Crippen LogP contribution in [-0.4, -0.2) is 54.5 Å². The summed E-state index contributed by atoms with van der Waals surface area (Å²) in [6, 6.07) is 14.5. The largest absolute Gasteiger partial charge is 0.438 e. The summed E-state index contributed by atoms with van der Waals surface area (Å²) in [6.45, 7) is 5.18. The van der Waals surface area contributed by atoms with Crippen LogP contribution in [0, 0.1) is 42.4 Å². The highest BCUT2D eigenvalue weighted by molar-refractivity contribution is 7.88. The molecule has 2 N–H and O–H groups in total. The zero-order valence-corrected chi connectivity index (χ0v) is 25.1. The summed E-state index contributed by atoms with van der Waals surface area (Å²) in [5.41, 5.74) is 3.71. The molecule has 2 heterocycles. The third-order valence-corrected chi connectivity index (χ3v) is 8.45. The normalized spacial score (nSPS) is 14.2. The lowest BCUT2D eigenvalue weighted by atomic mass is 9.95. The number of nitrogens with zero attached hydrogens (tertiary/aromatic N) is 5. The molecule has 0 saturated carbocycles. The van der Waals surface area contributed by atoms with Gasteiger partial charge in [0.2, 0.25) is 27.8 Å². The lowest BCUT2D eigenvalue weighted by Gasteiger charge is -2.30. The van der Waals surface area contributed by atoms with Crippen LogP contribution in [0.25, 0.3) is 6.08 Å². The molecule has 0 spiro atoms. The van der Waals surface area contributed by atoms with Crippen molar-refractivity contribution in [3.8, 4) is 23.8 Å². The number of anilines is 2. The summed E-state index contributed by atoms with van der Waals surface area (Å²) < 4.78 is 31.2. The number of sulfonamides is 1. The van der Waals surface area contributed by atoms with Gasteiger partial charge in [-0.3, -0.25) is 4.79 Å². The van der Waals surface area contributed by atoms with Crippen LogP contribution >= 0.6 is 0 Å². The third kappa shape index (κ3) is 8.61. The number of hydrogen-bond acceptors (Lipinski definition) is 9. The molecular formula is C31H33N7O4S. The molecule has 11 nitrogen and oxygen atoms in total. The molecule has 0 unspecified atom stereocenters. The lowest BCUT2D eigenvalue weighted by molar-refractivity contribution is -0.116. The molecular weight excluding hydrogens is 566 g/mol. The van der Waals surface area contributed by atoms with E-state index in [-0.39, 0.29) is 17.7 Å². The minimum absolute atomic E-state index is 0.212. The number of carbonyl (C=O) groups is 1. The molecule has 222 valence electrons. The summed E-state index contributed by atoms with van der Waals surface area (Å²) in [4.78, 5) is 21.5. The first-order chi connectivity index (χ1) is 20.5. The van der Waals surface area contributed by atoms with Crippen molar-refractivity contribution in [3.05, 3.63) is 76.5 Å². The Morgan fingerprint density at radius 1 is 1.09 bits per heavy atom. The van der Waals surface area contributed by atoms with Gasteiger partial charge in [0, 0.05) is 37.6 Å². The fourth-order valence-corrected chi connectivity index (χ4v) is 5.69. The van der Waals surface area contributed by atoms with Crippen molar-refractivity contribution < 1.29 is 17.9 Å². The van der Waals surface area contributed by atoms with Crippen LogP contribution in [0.2, 0.25) is 0 Å². The second-order valence-corrected chi connectivity index (χ2v) is 12.4. The smallest absolute Gasteiger partial charge is 0.244 e. The molecule has 0 aliphatic carbocycles. The first kappa shape index (κ1) is 31.2. The number of nitrogens with one attached hydrogen (secondary N) is 2. The Bertz CT molecular complexity index is 1680. The molecule has 0 bridgehead atoms. The summed E-state index contributed by atoms with van der Waals surface area (Å²) in [5.74, 6) is 1.08. The molecule has 3 aromatic rings. The van der Waals surface area contributed by atoms with Gasteiger partial charge in [-0.25, -0.2) is 17.7 Å². The van der Waals surface area contributed by atoms with E-state index in [9.17, 15) is 18.5 Å². The van der Waals surface area contributed by atoms with E-state index in [0.717, 1.165) is 30.4 Å². The molecule has 0 atom stereocenters. The van der Waals surface area contributed by atoms with Crippen LogP contribution in [0.15, 0.2) is 48.7 Å². The Balaban J connectivity index is 1.46. The molecule has 1 saturated heterocycles. The van der Waals surface area contributed by atoms with Gasteiger partial charge in [-0.05, 0) is 92.6 Å². The Morgan fingerprint density at radius 2 is 1.74 bits per heavy atom. The Kier molecular flexibility index (Phi) is 10.1. The van der Waals surface area contributed by atoms with E-state index < -0.39 is 10.0 Å². The number of piperidine rings is 1. The number of ether oxygens (including phenoxy) is 1. The van der Waals surface area contributed by atoms with Gasteiger partial charge in [-0.1, -0.05) is 0 Å². The van der Waals surface area contributed by atoms with Crippen molar-refractivity contribution in [3.63, 3.8) is 0 Å². The molecule has 0 radical (unpaired) electrons. The van der Waals surface area contributed by atoms with Crippen LogP contribution in [0.4, 0.5) is 11.6 Å². The highest BCUT2D eigenvalue weighted by Gasteiger charge is 2.24. The number of rotatable bonds is 10. The first-order valence-corrected chi connectivity index (χ1v) is 15.6. The summed E-state index contributed by atoms with van der Waals surface area (Å²) in [6.07, 6.45) is 8.05. The standard InChI is InChI=1S/C31H33N7O4S/c1-21-16-25(19-33)17-22(2)29(21)42-30-26(20-35-31(37-30)36-27-7-4-24(18-32)5-8-27)6-9-28(39)34-13-10-23-11-14-38(15-12-23)43(3,40)41/h4-9,16-17,20,23H,10-15H2,1-3H3,(H,34,39)(H,35,36,37)/b9-6+. The Morgan fingerprint density at radius 3 is 2.35 bits per heavy atom. The fourth-order valence-electron chi connectivity index (χ4n) is 4.81. The zero-order chi connectivity index (χ0) is 31.0. The number of benzene rings is 2. The quantitative estimate of drug-likeness (QED) is 0.318. The fraction of sp³-hybridized carbons (Fsp3) is 0.323. The van der Waals surface area contributed by atoms with Crippen molar-refractivity contribution in [2.24, 2.45) is 5.92 Å². The second-order valence-electron chi connectivity index (χ2n) is 10.4.